The van der Waals surface area contributed by atoms with Gasteiger partial charge in [-0.05, 0) is 58.4 Å². The van der Waals surface area contributed by atoms with Crippen LogP contribution in [0.25, 0.3) is 6.08 Å². The summed E-state index contributed by atoms with van der Waals surface area (Å²) in [5.74, 6) is 0. The average molecular weight is 310 g/mol. The summed E-state index contributed by atoms with van der Waals surface area (Å²) in [6.45, 7) is 8.78. The molecular formula is C14H21BClN3O2. The lowest BCUT2D eigenvalue weighted by molar-refractivity contribution is 0.00578. The third kappa shape index (κ3) is 3.63. The van der Waals surface area contributed by atoms with Crippen molar-refractivity contribution in [1.82, 2.24) is 15.5 Å². The maximum atomic E-state index is 6.07. The molecule has 2 rings (SSSR count). The van der Waals surface area contributed by atoms with Gasteiger partial charge in [-0.3, -0.25) is 0 Å². The number of hydrogen-bond donors (Lipinski definition) is 1. The molecule has 0 radical (unpaired) electrons. The van der Waals surface area contributed by atoms with E-state index in [4.69, 9.17) is 20.9 Å². The highest BCUT2D eigenvalue weighted by Gasteiger charge is 2.52. The van der Waals surface area contributed by atoms with Crippen LogP contribution in [0.3, 0.4) is 0 Å². The third-order valence-corrected chi connectivity index (χ3v) is 4.12. The van der Waals surface area contributed by atoms with Gasteiger partial charge < -0.3 is 14.6 Å². The standard InChI is InChI=1S/C14H21BClN3O2/c1-13(2)14(3,4)21-15(20-13)10(9-17-5)8-11-6-7-12(16)19-18-11/h6-8,17H,9H2,1-5H3. The minimum Gasteiger partial charge on any atom is -0.400 e. The first-order valence-electron chi connectivity index (χ1n) is 6.95. The van der Waals surface area contributed by atoms with Gasteiger partial charge in [-0.25, -0.2) is 0 Å². The van der Waals surface area contributed by atoms with Gasteiger partial charge in [0.05, 0.1) is 16.9 Å². The second-order valence-electron chi connectivity index (χ2n) is 6.12. The molecule has 2 heterocycles. The highest BCUT2D eigenvalue weighted by Crippen LogP contribution is 2.38. The zero-order valence-corrected chi connectivity index (χ0v) is 13.9. The van der Waals surface area contributed by atoms with Gasteiger partial charge in [-0.2, -0.15) is 0 Å². The summed E-state index contributed by atoms with van der Waals surface area (Å²) in [6, 6.07) is 3.53. The van der Waals surface area contributed by atoms with Gasteiger partial charge in [-0.1, -0.05) is 11.6 Å². The molecule has 1 saturated heterocycles. The normalized spacial score (nSPS) is 20.9. The van der Waals surface area contributed by atoms with Gasteiger partial charge >= 0.3 is 7.12 Å². The highest BCUT2D eigenvalue weighted by molar-refractivity contribution is 6.55. The molecule has 0 aromatic carbocycles. The molecule has 1 aliphatic heterocycles. The Kier molecular flexibility index (Phi) is 4.73. The highest BCUT2D eigenvalue weighted by atomic mass is 35.5. The Hall–Kier alpha value is -0.945. The second kappa shape index (κ2) is 6.05. The van der Waals surface area contributed by atoms with Crippen LogP contribution in [-0.4, -0.2) is 42.1 Å². The average Bonchev–Trinajstić information content (AvgIpc) is 2.60. The maximum absolute atomic E-state index is 6.07. The Bertz CT molecular complexity index is 516. The summed E-state index contributed by atoms with van der Waals surface area (Å²) in [6.07, 6.45) is 1.92. The third-order valence-electron chi connectivity index (χ3n) is 3.92. The molecule has 0 aliphatic carbocycles. The molecule has 0 saturated carbocycles. The van der Waals surface area contributed by atoms with Crippen LogP contribution < -0.4 is 5.32 Å². The molecule has 0 amide bonds. The van der Waals surface area contributed by atoms with E-state index in [9.17, 15) is 0 Å². The molecule has 5 nitrogen and oxygen atoms in total. The van der Waals surface area contributed by atoms with Crippen LogP contribution in [0.2, 0.25) is 5.15 Å². The number of halogens is 1. The van der Waals surface area contributed by atoms with E-state index in [1.807, 2.05) is 46.9 Å². The van der Waals surface area contributed by atoms with Crippen molar-refractivity contribution in [2.45, 2.75) is 38.9 Å². The molecule has 1 N–H and O–H groups in total. The van der Waals surface area contributed by atoms with Crippen LogP contribution in [0.1, 0.15) is 33.4 Å². The SMILES string of the molecule is CNCC(=Cc1ccc(Cl)nn1)B1OC(C)(C)C(C)(C)O1. The summed E-state index contributed by atoms with van der Waals surface area (Å²) >= 11 is 5.76. The monoisotopic (exact) mass is 309 g/mol. The molecule has 0 atom stereocenters. The van der Waals surface area contributed by atoms with Gasteiger partial charge in [0.1, 0.15) is 0 Å². The quantitative estimate of drug-likeness (QED) is 0.865. The summed E-state index contributed by atoms with van der Waals surface area (Å²) in [5.41, 5.74) is 0.957. The first-order valence-corrected chi connectivity index (χ1v) is 7.33. The fraction of sp³-hybridized carbons (Fsp3) is 0.571. The lowest BCUT2D eigenvalue weighted by Crippen LogP contribution is -2.41. The molecule has 0 spiro atoms. The van der Waals surface area contributed by atoms with Crippen LogP contribution in [0, 0.1) is 0 Å². The van der Waals surface area contributed by atoms with Gasteiger partial charge in [0, 0.05) is 6.54 Å². The van der Waals surface area contributed by atoms with Crippen LogP contribution in [0.4, 0.5) is 0 Å². The Labute approximate surface area is 131 Å². The van der Waals surface area contributed by atoms with E-state index >= 15 is 0 Å². The number of nitrogens with zero attached hydrogens (tertiary/aromatic N) is 2. The Balaban J connectivity index is 2.26. The Morgan fingerprint density at radius 1 is 1.24 bits per heavy atom. The van der Waals surface area contributed by atoms with Crippen LogP contribution in [0.5, 0.6) is 0 Å². The number of likely N-dealkylation sites (N-methyl/N-ethyl adjacent to an activating group) is 1. The Morgan fingerprint density at radius 3 is 2.33 bits per heavy atom. The number of aromatic nitrogens is 2. The van der Waals surface area contributed by atoms with E-state index in [0.29, 0.717) is 11.7 Å². The summed E-state index contributed by atoms with van der Waals surface area (Å²) in [4.78, 5) is 0. The minimum absolute atomic E-state index is 0.365. The van der Waals surface area contributed by atoms with Crippen LogP contribution >= 0.6 is 11.6 Å². The molecular weight excluding hydrogens is 288 g/mol. The first-order chi connectivity index (χ1) is 9.75. The van der Waals surface area contributed by atoms with Crippen molar-refractivity contribution in [3.05, 3.63) is 28.5 Å². The van der Waals surface area contributed by atoms with Crippen molar-refractivity contribution in [1.29, 1.82) is 0 Å². The van der Waals surface area contributed by atoms with Crippen LogP contribution in [0.15, 0.2) is 17.6 Å². The van der Waals surface area contributed by atoms with Crippen molar-refractivity contribution >= 4 is 24.8 Å². The van der Waals surface area contributed by atoms with Crippen molar-refractivity contribution in [2.24, 2.45) is 0 Å². The number of hydrogen-bond acceptors (Lipinski definition) is 5. The lowest BCUT2D eigenvalue weighted by atomic mass is 9.77. The molecule has 7 heteroatoms. The van der Waals surface area contributed by atoms with Gasteiger partial charge in [-0.15, -0.1) is 10.2 Å². The van der Waals surface area contributed by atoms with Gasteiger partial charge in [0.2, 0.25) is 0 Å². The molecule has 1 aromatic rings. The van der Waals surface area contributed by atoms with Crippen LogP contribution in [-0.2, 0) is 9.31 Å². The zero-order chi connectivity index (χ0) is 15.7. The van der Waals surface area contributed by atoms with Gasteiger partial charge in [0.15, 0.2) is 5.15 Å². The molecule has 1 aliphatic rings. The summed E-state index contributed by atoms with van der Waals surface area (Å²) in [5, 5.41) is 11.4. The zero-order valence-electron chi connectivity index (χ0n) is 13.1. The van der Waals surface area contributed by atoms with E-state index in [-0.39, 0.29) is 11.2 Å². The molecule has 114 valence electrons. The van der Waals surface area contributed by atoms with E-state index in [1.54, 1.807) is 6.07 Å². The topological polar surface area (TPSA) is 56.3 Å². The summed E-state index contributed by atoms with van der Waals surface area (Å²) < 4.78 is 12.1. The first kappa shape index (κ1) is 16.4. The lowest BCUT2D eigenvalue weighted by Gasteiger charge is -2.32. The van der Waals surface area contributed by atoms with Crippen molar-refractivity contribution in [3.63, 3.8) is 0 Å². The Morgan fingerprint density at radius 2 is 1.86 bits per heavy atom. The molecule has 21 heavy (non-hydrogen) atoms. The van der Waals surface area contributed by atoms with Crippen molar-refractivity contribution < 1.29 is 9.31 Å². The van der Waals surface area contributed by atoms with Gasteiger partial charge in [0.25, 0.3) is 0 Å². The number of nitrogens with one attached hydrogen (secondary N) is 1. The fourth-order valence-electron chi connectivity index (χ4n) is 1.99. The minimum atomic E-state index is -0.403. The van der Waals surface area contributed by atoms with E-state index in [2.05, 4.69) is 15.5 Å². The molecule has 0 unspecified atom stereocenters. The predicted molar refractivity (Wildman–Crippen MR) is 85.0 cm³/mol. The van der Waals surface area contributed by atoms with E-state index < -0.39 is 7.12 Å². The van der Waals surface area contributed by atoms with Crippen molar-refractivity contribution in [2.75, 3.05) is 13.6 Å². The second-order valence-corrected chi connectivity index (χ2v) is 6.51. The summed E-state index contributed by atoms with van der Waals surface area (Å²) in [7, 11) is 1.48. The van der Waals surface area contributed by atoms with E-state index in [1.165, 1.54) is 0 Å². The molecule has 0 bridgehead atoms. The largest absolute Gasteiger partial charge is 0.491 e. The fourth-order valence-corrected chi connectivity index (χ4v) is 2.09. The van der Waals surface area contributed by atoms with E-state index in [0.717, 1.165) is 11.2 Å². The number of rotatable bonds is 4. The molecule has 1 aromatic heterocycles. The molecule has 1 fully saturated rings. The predicted octanol–water partition coefficient (Wildman–Crippen LogP) is 2.36. The van der Waals surface area contributed by atoms with Crippen molar-refractivity contribution in [3.8, 4) is 0 Å². The smallest absolute Gasteiger partial charge is 0.400 e. The maximum Gasteiger partial charge on any atom is 0.491 e.